The van der Waals surface area contributed by atoms with Gasteiger partial charge in [0.1, 0.15) is 11.9 Å². The minimum Gasteiger partial charge on any atom is -0.354 e. The van der Waals surface area contributed by atoms with E-state index in [4.69, 9.17) is 28.2 Å². The van der Waals surface area contributed by atoms with Gasteiger partial charge in [-0.05, 0) is 30.5 Å². The lowest BCUT2D eigenvalue weighted by Crippen LogP contribution is -2.33. The van der Waals surface area contributed by atoms with Crippen LogP contribution in [0.15, 0.2) is 42.5 Å². The number of halogens is 2. The molecule has 1 atom stereocenters. The number of hydrogen-bond acceptors (Lipinski definition) is 2. The summed E-state index contributed by atoms with van der Waals surface area (Å²) in [7, 11) is 0. The Morgan fingerprint density at radius 3 is 2.52 bits per heavy atom. The summed E-state index contributed by atoms with van der Waals surface area (Å²) in [5.41, 5.74) is 2.71. The minimum atomic E-state index is -0.350. The Bertz CT molecular complexity index is 937. The fraction of sp³-hybridized carbons (Fsp3) is 0.333. The fourth-order valence-electron chi connectivity index (χ4n) is 3.24. The largest absolute Gasteiger partial charge is 0.354 e. The predicted molar refractivity (Wildman–Crippen MR) is 112 cm³/mol. The molecule has 6 heteroatoms. The SMILES string of the molecule is CCCNC(=O)[C@@H](CC)n1c(Cc2ccccc2)nc2cc(Cl)c(Cl)cc21. The molecule has 4 nitrogen and oxygen atoms in total. The number of nitrogens with zero attached hydrogens (tertiary/aromatic N) is 2. The van der Waals surface area contributed by atoms with Gasteiger partial charge in [-0.2, -0.15) is 0 Å². The summed E-state index contributed by atoms with van der Waals surface area (Å²) in [5, 5.41) is 3.93. The number of amides is 1. The molecule has 0 saturated heterocycles. The summed E-state index contributed by atoms with van der Waals surface area (Å²) in [4.78, 5) is 17.6. The molecule has 0 fully saturated rings. The number of benzene rings is 2. The van der Waals surface area contributed by atoms with Gasteiger partial charge in [0, 0.05) is 13.0 Å². The molecule has 0 unspecified atom stereocenters. The maximum atomic E-state index is 12.8. The fourth-order valence-corrected chi connectivity index (χ4v) is 3.56. The third-order valence-corrected chi connectivity index (χ3v) is 5.28. The molecule has 1 heterocycles. The van der Waals surface area contributed by atoms with Crippen LogP contribution in [-0.4, -0.2) is 22.0 Å². The first-order valence-corrected chi connectivity index (χ1v) is 9.98. The van der Waals surface area contributed by atoms with Crippen molar-refractivity contribution in [3.05, 3.63) is 63.9 Å². The second kappa shape index (κ2) is 8.77. The van der Waals surface area contributed by atoms with Gasteiger partial charge in [-0.3, -0.25) is 4.79 Å². The molecule has 0 aliphatic carbocycles. The van der Waals surface area contributed by atoms with Gasteiger partial charge in [-0.25, -0.2) is 4.98 Å². The number of hydrogen-bond donors (Lipinski definition) is 1. The van der Waals surface area contributed by atoms with Crippen molar-refractivity contribution in [1.82, 2.24) is 14.9 Å². The van der Waals surface area contributed by atoms with E-state index in [0.29, 0.717) is 29.4 Å². The van der Waals surface area contributed by atoms with E-state index in [1.165, 1.54) is 0 Å². The van der Waals surface area contributed by atoms with Gasteiger partial charge in [0.2, 0.25) is 5.91 Å². The van der Waals surface area contributed by atoms with Crippen LogP contribution >= 0.6 is 23.2 Å². The summed E-state index contributed by atoms with van der Waals surface area (Å²) in [5.74, 6) is 0.826. The molecular formula is C21H23Cl2N3O. The molecule has 1 aromatic heterocycles. The lowest BCUT2D eigenvalue weighted by Gasteiger charge is -2.20. The molecular weight excluding hydrogens is 381 g/mol. The normalized spacial score (nSPS) is 12.3. The number of nitrogens with one attached hydrogen (secondary N) is 1. The van der Waals surface area contributed by atoms with Crippen molar-refractivity contribution in [2.45, 2.75) is 39.2 Å². The van der Waals surface area contributed by atoms with E-state index in [1.807, 2.05) is 36.6 Å². The third-order valence-electron chi connectivity index (χ3n) is 4.56. The first kappa shape index (κ1) is 19.7. The van der Waals surface area contributed by atoms with Gasteiger partial charge in [0.15, 0.2) is 0 Å². The van der Waals surface area contributed by atoms with Crippen LogP contribution in [0.3, 0.4) is 0 Å². The topological polar surface area (TPSA) is 46.9 Å². The van der Waals surface area contributed by atoms with Crippen molar-refractivity contribution in [3.8, 4) is 0 Å². The Hall–Kier alpha value is -2.04. The number of carbonyl (C=O) groups excluding carboxylic acids is 1. The van der Waals surface area contributed by atoms with E-state index < -0.39 is 0 Å². The highest BCUT2D eigenvalue weighted by molar-refractivity contribution is 6.42. The molecule has 0 bridgehead atoms. The van der Waals surface area contributed by atoms with Crippen molar-refractivity contribution >= 4 is 40.1 Å². The summed E-state index contributed by atoms with van der Waals surface area (Å²) in [6.45, 7) is 4.70. The van der Waals surface area contributed by atoms with E-state index in [1.54, 1.807) is 12.1 Å². The van der Waals surface area contributed by atoms with Crippen molar-refractivity contribution in [3.63, 3.8) is 0 Å². The van der Waals surface area contributed by atoms with Gasteiger partial charge in [0.05, 0.1) is 21.1 Å². The van der Waals surface area contributed by atoms with E-state index in [2.05, 4.69) is 17.4 Å². The van der Waals surface area contributed by atoms with Crippen LogP contribution in [0.5, 0.6) is 0 Å². The number of aromatic nitrogens is 2. The molecule has 1 N–H and O–H groups in total. The molecule has 0 spiro atoms. The van der Waals surface area contributed by atoms with Gasteiger partial charge < -0.3 is 9.88 Å². The lowest BCUT2D eigenvalue weighted by atomic mass is 10.1. The third kappa shape index (κ3) is 4.28. The number of rotatable bonds is 7. The zero-order valence-corrected chi connectivity index (χ0v) is 17.0. The Kier molecular flexibility index (Phi) is 6.40. The molecule has 27 heavy (non-hydrogen) atoms. The maximum absolute atomic E-state index is 12.8. The summed E-state index contributed by atoms with van der Waals surface area (Å²) < 4.78 is 2.01. The van der Waals surface area contributed by atoms with Crippen LogP contribution in [0.25, 0.3) is 11.0 Å². The summed E-state index contributed by atoms with van der Waals surface area (Å²) in [6, 6.07) is 13.3. The van der Waals surface area contributed by atoms with Crippen molar-refractivity contribution in [2.75, 3.05) is 6.54 Å². The Morgan fingerprint density at radius 1 is 1.15 bits per heavy atom. The summed E-state index contributed by atoms with van der Waals surface area (Å²) in [6.07, 6.45) is 2.18. The highest BCUT2D eigenvalue weighted by atomic mass is 35.5. The van der Waals surface area contributed by atoms with Crippen LogP contribution in [0.4, 0.5) is 0 Å². The van der Waals surface area contributed by atoms with E-state index in [9.17, 15) is 4.79 Å². The zero-order chi connectivity index (χ0) is 19.4. The van der Waals surface area contributed by atoms with E-state index in [-0.39, 0.29) is 11.9 Å². The van der Waals surface area contributed by atoms with Crippen LogP contribution in [0.2, 0.25) is 10.0 Å². The zero-order valence-electron chi connectivity index (χ0n) is 15.5. The first-order valence-electron chi connectivity index (χ1n) is 9.22. The van der Waals surface area contributed by atoms with E-state index in [0.717, 1.165) is 28.8 Å². The number of carbonyl (C=O) groups is 1. The van der Waals surface area contributed by atoms with Crippen LogP contribution in [0, 0.1) is 0 Å². The van der Waals surface area contributed by atoms with Crippen molar-refractivity contribution in [2.24, 2.45) is 0 Å². The molecule has 3 rings (SSSR count). The predicted octanol–water partition coefficient (Wildman–Crippen LogP) is 5.41. The van der Waals surface area contributed by atoms with Crippen molar-refractivity contribution < 1.29 is 4.79 Å². The van der Waals surface area contributed by atoms with Crippen LogP contribution in [-0.2, 0) is 11.2 Å². The molecule has 0 radical (unpaired) electrons. The molecule has 3 aromatic rings. The second-order valence-electron chi connectivity index (χ2n) is 6.53. The number of imidazole rings is 1. The van der Waals surface area contributed by atoms with E-state index >= 15 is 0 Å². The first-order chi connectivity index (χ1) is 13.0. The highest BCUT2D eigenvalue weighted by Crippen LogP contribution is 2.31. The number of fused-ring (bicyclic) bond motifs is 1. The van der Waals surface area contributed by atoms with Gasteiger partial charge in [-0.15, -0.1) is 0 Å². The Balaban J connectivity index is 2.12. The molecule has 142 valence electrons. The smallest absolute Gasteiger partial charge is 0.243 e. The molecule has 0 aliphatic heterocycles. The Labute approximate surface area is 169 Å². The average Bonchev–Trinajstić information content (AvgIpc) is 2.99. The van der Waals surface area contributed by atoms with Crippen LogP contribution in [0.1, 0.15) is 44.1 Å². The van der Waals surface area contributed by atoms with Crippen LogP contribution < -0.4 is 5.32 Å². The molecule has 0 saturated carbocycles. The summed E-state index contributed by atoms with van der Waals surface area (Å²) >= 11 is 12.5. The quantitative estimate of drug-likeness (QED) is 0.572. The molecule has 0 aliphatic rings. The monoisotopic (exact) mass is 403 g/mol. The second-order valence-corrected chi connectivity index (χ2v) is 7.34. The van der Waals surface area contributed by atoms with Crippen molar-refractivity contribution in [1.29, 1.82) is 0 Å². The Morgan fingerprint density at radius 2 is 1.85 bits per heavy atom. The van der Waals surface area contributed by atoms with Gasteiger partial charge >= 0.3 is 0 Å². The lowest BCUT2D eigenvalue weighted by molar-refractivity contribution is -0.124. The highest BCUT2D eigenvalue weighted by Gasteiger charge is 2.24. The van der Waals surface area contributed by atoms with Gasteiger partial charge in [-0.1, -0.05) is 67.4 Å². The minimum absolute atomic E-state index is 0.000894. The maximum Gasteiger partial charge on any atom is 0.243 e. The van der Waals surface area contributed by atoms with Gasteiger partial charge in [0.25, 0.3) is 0 Å². The average molecular weight is 404 g/mol. The standard InChI is InChI=1S/C21H23Cl2N3O/c1-3-10-24-21(27)18(4-2)26-19-13-16(23)15(22)12-17(19)25-20(26)11-14-8-6-5-7-9-14/h5-9,12-13,18H,3-4,10-11H2,1-2H3,(H,24,27)/t18-/m1/s1. The molecule has 2 aromatic carbocycles. The molecule has 1 amide bonds.